The minimum atomic E-state index is 0.468. The quantitative estimate of drug-likeness (QED) is 0.789. The zero-order valence-corrected chi connectivity index (χ0v) is 10.2. The van der Waals surface area contributed by atoms with Gasteiger partial charge in [0.25, 0.3) is 0 Å². The third kappa shape index (κ3) is 2.46. The summed E-state index contributed by atoms with van der Waals surface area (Å²) in [5.41, 5.74) is 7.92. The van der Waals surface area contributed by atoms with Gasteiger partial charge in [-0.3, -0.25) is 0 Å². The van der Waals surface area contributed by atoms with Crippen LogP contribution >= 0.6 is 0 Å². The van der Waals surface area contributed by atoms with E-state index in [1.807, 2.05) is 19.2 Å². The van der Waals surface area contributed by atoms with Gasteiger partial charge in [0.2, 0.25) is 0 Å². The van der Waals surface area contributed by atoms with Gasteiger partial charge in [-0.15, -0.1) is 0 Å². The van der Waals surface area contributed by atoms with E-state index in [2.05, 4.69) is 24.8 Å². The molecule has 0 bridgehead atoms. The van der Waals surface area contributed by atoms with Crippen molar-refractivity contribution < 1.29 is 0 Å². The summed E-state index contributed by atoms with van der Waals surface area (Å²) in [4.78, 5) is 2.16. The highest BCUT2D eigenvalue weighted by atomic mass is 15.1. The van der Waals surface area contributed by atoms with E-state index in [-0.39, 0.29) is 0 Å². The summed E-state index contributed by atoms with van der Waals surface area (Å²) in [5, 5.41) is 9.09. The van der Waals surface area contributed by atoms with Gasteiger partial charge in [-0.2, -0.15) is 5.26 Å². The minimum absolute atomic E-state index is 0.468. The lowest BCUT2D eigenvalue weighted by atomic mass is 10.1. The molecule has 1 aromatic rings. The third-order valence-corrected chi connectivity index (χ3v) is 3.01. The van der Waals surface area contributed by atoms with E-state index in [4.69, 9.17) is 11.0 Å². The van der Waals surface area contributed by atoms with Gasteiger partial charge in [-0.25, -0.2) is 0 Å². The van der Waals surface area contributed by atoms with Crippen LogP contribution in [-0.2, 0) is 0 Å². The van der Waals surface area contributed by atoms with Crippen LogP contribution in [0.3, 0.4) is 0 Å². The fourth-order valence-corrected chi connectivity index (χ4v) is 1.98. The molecule has 0 heterocycles. The van der Waals surface area contributed by atoms with E-state index in [0.717, 1.165) is 18.5 Å². The summed E-state index contributed by atoms with van der Waals surface area (Å²) in [7, 11) is 2.03. The Bertz CT molecular complexity index is 389. The highest BCUT2D eigenvalue weighted by Gasteiger charge is 2.14. The summed E-state index contributed by atoms with van der Waals surface area (Å²) in [5.74, 6) is 0. The van der Waals surface area contributed by atoms with E-state index < -0.39 is 0 Å². The molecule has 0 amide bonds. The molecule has 1 aromatic carbocycles. The molecule has 0 aliphatic heterocycles. The zero-order chi connectivity index (χ0) is 12.1. The Balaban J connectivity index is 3.08. The van der Waals surface area contributed by atoms with E-state index in [9.17, 15) is 0 Å². The van der Waals surface area contributed by atoms with Crippen LogP contribution in [0.4, 0.5) is 11.4 Å². The third-order valence-electron chi connectivity index (χ3n) is 3.01. The van der Waals surface area contributed by atoms with Gasteiger partial charge in [0.1, 0.15) is 6.07 Å². The number of hydrogen-bond acceptors (Lipinski definition) is 3. The zero-order valence-electron chi connectivity index (χ0n) is 10.2. The first kappa shape index (κ1) is 12.4. The molecular weight excluding hydrogens is 198 g/mol. The standard InChI is InChI=1S/C13H19N3/c1-4-12(5-2)16(3)13-7-6-11(15)8-10(13)9-14/h6-8,12H,4-5,15H2,1-3H3. The number of nitrogens with two attached hydrogens (primary N) is 1. The maximum Gasteiger partial charge on any atom is 0.101 e. The first-order valence-electron chi connectivity index (χ1n) is 5.66. The Labute approximate surface area is 97.5 Å². The number of nitrogens with zero attached hydrogens (tertiary/aromatic N) is 2. The highest BCUT2D eigenvalue weighted by molar-refractivity contribution is 5.64. The average molecular weight is 217 g/mol. The van der Waals surface area contributed by atoms with E-state index in [0.29, 0.717) is 17.3 Å². The lowest BCUT2D eigenvalue weighted by Crippen LogP contribution is -2.30. The van der Waals surface area contributed by atoms with Crippen molar-refractivity contribution in [1.82, 2.24) is 0 Å². The van der Waals surface area contributed by atoms with Crippen LogP contribution in [0.2, 0.25) is 0 Å². The van der Waals surface area contributed by atoms with Crippen molar-refractivity contribution in [3.05, 3.63) is 23.8 Å². The van der Waals surface area contributed by atoms with Gasteiger partial charge in [-0.1, -0.05) is 13.8 Å². The number of nitriles is 1. The van der Waals surface area contributed by atoms with Gasteiger partial charge >= 0.3 is 0 Å². The largest absolute Gasteiger partial charge is 0.399 e. The molecule has 16 heavy (non-hydrogen) atoms. The minimum Gasteiger partial charge on any atom is -0.399 e. The molecule has 3 nitrogen and oxygen atoms in total. The van der Waals surface area contributed by atoms with Crippen molar-refractivity contribution in [3.63, 3.8) is 0 Å². The highest BCUT2D eigenvalue weighted by Crippen LogP contribution is 2.24. The molecular formula is C13H19N3. The molecule has 0 saturated heterocycles. The Morgan fingerprint density at radius 3 is 2.50 bits per heavy atom. The first-order chi connectivity index (χ1) is 7.63. The van der Waals surface area contributed by atoms with Gasteiger partial charge in [0.15, 0.2) is 0 Å². The van der Waals surface area contributed by atoms with E-state index in [1.54, 1.807) is 6.07 Å². The molecule has 0 atom stereocenters. The molecule has 0 saturated carbocycles. The normalized spacial score (nSPS) is 10.2. The molecule has 86 valence electrons. The maximum atomic E-state index is 9.09. The van der Waals surface area contributed by atoms with Crippen LogP contribution in [0.5, 0.6) is 0 Å². The van der Waals surface area contributed by atoms with E-state index >= 15 is 0 Å². The number of hydrogen-bond donors (Lipinski definition) is 1. The van der Waals surface area contributed by atoms with Gasteiger partial charge in [0.05, 0.1) is 11.3 Å². The van der Waals surface area contributed by atoms with Crippen LogP contribution in [0.15, 0.2) is 18.2 Å². The summed E-state index contributed by atoms with van der Waals surface area (Å²) in [6.45, 7) is 4.32. The van der Waals surface area contributed by atoms with Crippen LogP contribution < -0.4 is 10.6 Å². The molecule has 0 aromatic heterocycles. The first-order valence-corrected chi connectivity index (χ1v) is 5.66. The number of rotatable bonds is 4. The lowest BCUT2D eigenvalue weighted by Gasteiger charge is -2.29. The SMILES string of the molecule is CCC(CC)N(C)c1ccc(N)cc1C#N. The van der Waals surface area contributed by atoms with Crippen molar-refractivity contribution >= 4 is 11.4 Å². The summed E-state index contributed by atoms with van der Waals surface area (Å²) in [6.07, 6.45) is 2.14. The van der Waals surface area contributed by atoms with Crippen molar-refractivity contribution in [2.45, 2.75) is 32.7 Å². The lowest BCUT2D eigenvalue weighted by molar-refractivity contribution is 0.591. The predicted octanol–water partition coefficient (Wildman–Crippen LogP) is 2.77. The van der Waals surface area contributed by atoms with Crippen molar-refractivity contribution in [1.29, 1.82) is 5.26 Å². The van der Waals surface area contributed by atoms with Crippen molar-refractivity contribution in [2.24, 2.45) is 0 Å². The molecule has 0 spiro atoms. The molecule has 2 N–H and O–H groups in total. The molecule has 0 aliphatic carbocycles. The maximum absolute atomic E-state index is 9.09. The smallest absolute Gasteiger partial charge is 0.101 e. The Hall–Kier alpha value is -1.69. The number of anilines is 2. The Morgan fingerprint density at radius 1 is 1.38 bits per heavy atom. The fourth-order valence-electron chi connectivity index (χ4n) is 1.98. The van der Waals surface area contributed by atoms with E-state index in [1.165, 1.54) is 0 Å². The fraction of sp³-hybridized carbons (Fsp3) is 0.462. The molecule has 3 heteroatoms. The van der Waals surface area contributed by atoms with Crippen LogP contribution in [0.1, 0.15) is 32.3 Å². The molecule has 0 aliphatic rings. The number of nitrogen functional groups attached to an aromatic ring is 1. The molecule has 1 rings (SSSR count). The Morgan fingerprint density at radius 2 is 2.00 bits per heavy atom. The van der Waals surface area contributed by atoms with Crippen LogP contribution in [0, 0.1) is 11.3 Å². The molecule has 0 fully saturated rings. The van der Waals surface area contributed by atoms with Crippen molar-refractivity contribution in [2.75, 3.05) is 17.7 Å². The van der Waals surface area contributed by atoms with Crippen LogP contribution in [0.25, 0.3) is 0 Å². The van der Waals surface area contributed by atoms with Crippen molar-refractivity contribution in [3.8, 4) is 6.07 Å². The summed E-state index contributed by atoms with van der Waals surface area (Å²) >= 11 is 0. The number of benzene rings is 1. The molecule has 0 unspecified atom stereocenters. The average Bonchev–Trinajstić information content (AvgIpc) is 2.30. The summed E-state index contributed by atoms with van der Waals surface area (Å²) < 4.78 is 0. The predicted molar refractivity (Wildman–Crippen MR) is 68.3 cm³/mol. The Kier molecular flexibility index (Phi) is 4.19. The van der Waals surface area contributed by atoms with Gasteiger partial charge < -0.3 is 10.6 Å². The topological polar surface area (TPSA) is 53.0 Å². The second kappa shape index (κ2) is 5.41. The second-order valence-corrected chi connectivity index (χ2v) is 3.97. The van der Waals surface area contributed by atoms with Gasteiger partial charge in [0, 0.05) is 18.8 Å². The van der Waals surface area contributed by atoms with Gasteiger partial charge in [-0.05, 0) is 31.0 Å². The second-order valence-electron chi connectivity index (χ2n) is 3.97. The summed E-state index contributed by atoms with van der Waals surface area (Å²) in [6, 6.07) is 8.16. The monoisotopic (exact) mass is 217 g/mol. The van der Waals surface area contributed by atoms with Crippen LogP contribution in [-0.4, -0.2) is 13.1 Å². The molecule has 0 radical (unpaired) electrons.